The highest BCUT2D eigenvalue weighted by Gasteiger charge is 2.30. The van der Waals surface area contributed by atoms with E-state index < -0.39 is 0 Å². The number of anilines is 1. The molecule has 2 aliphatic rings. The number of carbonyl (C=O) groups excluding carboxylic acids is 1. The van der Waals surface area contributed by atoms with E-state index in [4.69, 9.17) is 0 Å². The second-order valence-corrected chi connectivity index (χ2v) is 5.15. The lowest BCUT2D eigenvalue weighted by atomic mass is 10.0. The molecule has 2 amide bonds. The van der Waals surface area contributed by atoms with Gasteiger partial charge < -0.3 is 4.90 Å². The average molecular weight is 236 g/mol. The Bertz CT molecular complexity index is 398. The van der Waals surface area contributed by atoms with Crippen molar-refractivity contribution < 1.29 is 4.79 Å². The Morgan fingerprint density at radius 3 is 3.06 bits per heavy atom. The highest BCUT2D eigenvalue weighted by molar-refractivity contribution is 7.14. The molecule has 0 saturated carbocycles. The van der Waals surface area contributed by atoms with Crippen LogP contribution in [0.5, 0.6) is 0 Å². The van der Waals surface area contributed by atoms with Crippen LogP contribution in [-0.4, -0.2) is 30.1 Å². The molecule has 0 aliphatic carbocycles. The maximum Gasteiger partial charge on any atom is 0.323 e. The van der Waals surface area contributed by atoms with Crippen molar-refractivity contribution in [3.05, 3.63) is 17.0 Å². The van der Waals surface area contributed by atoms with E-state index in [1.807, 2.05) is 10.3 Å². The summed E-state index contributed by atoms with van der Waals surface area (Å²) in [5, 5.41) is 10.3. The van der Waals surface area contributed by atoms with Gasteiger partial charge in [-0.25, -0.2) is 10.1 Å². The van der Waals surface area contributed by atoms with E-state index in [0.29, 0.717) is 6.04 Å². The van der Waals surface area contributed by atoms with Crippen LogP contribution < -0.4 is 10.6 Å². The first-order valence-corrected chi connectivity index (χ1v) is 6.50. The van der Waals surface area contributed by atoms with Crippen molar-refractivity contribution in [3.8, 4) is 0 Å². The molecular weight excluding hydrogens is 222 g/mol. The summed E-state index contributed by atoms with van der Waals surface area (Å²) in [7, 11) is 0. The molecule has 3 heterocycles. The molecule has 1 aromatic heterocycles. The number of nitrogens with zero attached hydrogens (tertiary/aromatic N) is 2. The summed E-state index contributed by atoms with van der Waals surface area (Å²) in [5.41, 5.74) is 1.24. The first-order valence-electron chi connectivity index (χ1n) is 5.62. The van der Waals surface area contributed by atoms with Crippen LogP contribution in [0.3, 0.4) is 0 Å². The van der Waals surface area contributed by atoms with Gasteiger partial charge in [-0.3, -0.25) is 5.32 Å². The lowest BCUT2D eigenvalue weighted by Gasteiger charge is -2.36. The van der Waals surface area contributed by atoms with Crippen LogP contribution in [-0.2, 0) is 6.54 Å². The Morgan fingerprint density at radius 2 is 2.25 bits per heavy atom. The Labute approximate surface area is 98.6 Å². The number of urea groups is 1. The number of nitrogens with one attached hydrogen (secondary N) is 1. The van der Waals surface area contributed by atoms with E-state index in [-0.39, 0.29) is 6.03 Å². The molecule has 1 aromatic rings. The van der Waals surface area contributed by atoms with Crippen LogP contribution in [0.25, 0.3) is 0 Å². The highest BCUT2D eigenvalue weighted by Crippen LogP contribution is 2.30. The molecule has 2 aliphatic heterocycles. The third-order valence-electron chi connectivity index (χ3n) is 3.25. The van der Waals surface area contributed by atoms with E-state index in [1.165, 1.54) is 5.56 Å². The zero-order valence-electron chi connectivity index (χ0n) is 8.98. The molecule has 3 rings (SSSR count). The molecule has 1 saturated heterocycles. The van der Waals surface area contributed by atoms with E-state index >= 15 is 0 Å². The number of fused-ring (bicyclic) bond motifs is 1. The van der Waals surface area contributed by atoms with Gasteiger partial charge in [0.15, 0.2) is 0 Å². The number of carbonyl (C=O) groups is 1. The molecule has 0 atom stereocenters. The number of piperidine rings is 1. The summed E-state index contributed by atoms with van der Waals surface area (Å²) in [6, 6.07) is 2.52. The van der Waals surface area contributed by atoms with Gasteiger partial charge in [-0.15, -0.1) is 11.3 Å². The van der Waals surface area contributed by atoms with Crippen LogP contribution >= 0.6 is 11.3 Å². The summed E-state index contributed by atoms with van der Waals surface area (Å²) in [6.07, 6.45) is 2.01. The quantitative estimate of drug-likeness (QED) is 0.795. The van der Waals surface area contributed by atoms with Gasteiger partial charge in [0, 0.05) is 24.7 Å². The van der Waals surface area contributed by atoms with Crippen molar-refractivity contribution in [2.75, 3.05) is 18.4 Å². The summed E-state index contributed by atoms with van der Waals surface area (Å²) < 4.78 is 0. The highest BCUT2D eigenvalue weighted by atomic mass is 32.1. The predicted octanol–water partition coefficient (Wildman–Crippen LogP) is 1.86. The maximum atomic E-state index is 11.9. The molecule has 0 aromatic carbocycles. The molecule has 1 fully saturated rings. The fourth-order valence-corrected chi connectivity index (χ4v) is 3.14. The molecule has 16 heavy (non-hydrogen) atoms. The largest absolute Gasteiger partial charge is 0.323 e. The van der Waals surface area contributed by atoms with Gasteiger partial charge in [-0.2, -0.15) is 0 Å². The Balaban J connectivity index is 1.79. The van der Waals surface area contributed by atoms with Gasteiger partial charge in [0.05, 0.1) is 6.54 Å². The average Bonchev–Trinajstić information content (AvgIpc) is 2.76. The van der Waals surface area contributed by atoms with Gasteiger partial charge in [0.1, 0.15) is 5.00 Å². The van der Waals surface area contributed by atoms with E-state index in [0.717, 1.165) is 37.5 Å². The Hall–Kier alpha value is -1.07. The van der Waals surface area contributed by atoms with Crippen molar-refractivity contribution in [1.82, 2.24) is 10.2 Å². The van der Waals surface area contributed by atoms with E-state index in [9.17, 15) is 4.79 Å². The second-order valence-electron chi connectivity index (χ2n) is 4.24. The number of thiophene rings is 1. The third kappa shape index (κ3) is 1.70. The smallest absolute Gasteiger partial charge is 0.317 e. The van der Waals surface area contributed by atoms with Crippen LogP contribution in [0.15, 0.2) is 11.4 Å². The molecule has 1 radical (unpaired) electrons. The van der Waals surface area contributed by atoms with Crippen LogP contribution in [0.1, 0.15) is 18.4 Å². The van der Waals surface area contributed by atoms with Crippen molar-refractivity contribution in [2.45, 2.75) is 25.4 Å². The fourth-order valence-electron chi connectivity index (χ4n) is 2.34. The maximum absolute atomic E-state index is 11.9. The zero-order chi connectivity index (χ0) is 11.0. The molecule has 0 spiro atoms. The summed E-state index contributed by atoms with van der Waals surface area (Å²) in [6.45, 7) is 2.55. The molecule has 85 valence electrons. The SMILES string of the molecule is O=C1Nc2sccc2CN1C1CC[N]CC1. The van der Waals surface area contributed by atoms with Gasteiger partial charge in [0.2, 0.25) is 0 Å². The minimum Gasteiger partial charge on any atom is -0.317 e. The van der Waals surface area contributed by atoms with Gasteiger partial charge in [0.25, 0.3) is 0 Å². The fraction of sp³-hybridized carbons (Fsp3) is 0.545. The van der Waals surface area contributed by atoms with Crippen LogP contribution in [0.2, 0.25) is 0 Å². The molecule has 4 nitrogen and oxygen atoms in total. The van der Waals surface area contributed by atoms with Gasteiger partial charge >= 0.3 is 6.03 Å². The summed E-state index contributed by atoms with van der Waals surface area (Å²) in [5.74, 6) is 0. The minimum atomic E-state index is 0.0573. The van der Waals surface area contributed by atoms with E-state index in [1.54, 1.807) is 11.3 Å². The number of rotatable bonds is 1. The lowest BCUT2D eigenvalue weighted by molar-refractivity contribution is 0.163. The summed E-state index contributed by atoms with van der Waals surface area (Å²) in [4.78, 5) is 13.9. The monoisotopic (exact) mass is 236 g/mol. The van der Waals surface area contributed by atoms with Crippen molar-refractivity contribution >= 4 is 22.4 Å². The first kappa shape index (κ1) is 10.1. The standard InChI is InChI=1S/C11H14N3OS/c15-11-13-10-8(3-6-16-10)7-14(11)9-1-4-12-5-2-9/h3,6,9H,1-2,4-5,7H2,(H,13,15). The number of hydrogen-bond donors (Lipinski definition) is 1. The minimum absolute atomic E-state index is 0.0573. The molecule has 1 N–H and O–H groups in total. The van der Waals surface area contributed by atoms with Crippen LogP contribution in [0, 0.1) is 0 Å². The van der Waals surface area contributed by atoms with Crippen molar-refractivity contribution in [2.24, 2.45) is 0 Å². The van der Waals surface area contributed by atoms with Gasteiger partial charge in [-0.05, 0) is 24.3 Å². The first-order chi connectivity index (χ1) is 7.84. The summed E-state index contributed by atoms with van der Waals surface area (Å²) >= 11 is 1.60. The second kappa shape index (κ2) is 4.07. The Kier molecular flexibility index (Phi) is 2.57. The lowest BCUT2D eigenvalue weighted by Crippen LogP contribution is -2.48. The molecule has 0 bridgehead atoms. The van der Waals surface area contributed by atoms with E-state index in [2.05, 4.69) is 16.7 Å². The van der Waals surface area contributed by atoms with Crippen LogP contribution in [0.4, 0.5) is 9.80 Å². The number of hydrogen-bond acceptors (Lipinski definition) is 2. The van der Waals surface area contributed by atoms with Crippen molar-refractivity contribution in [1.29, 1.82) is 0 Å². The zero-order valence-corrected chi connectivity index (χ0v) is 9.80. The third-order valence-corrected chi connectivity index (χ3v) is 4.12. The molecule has 0 unspecified atom stereocenters. The predicted molar refractivity (Wildman–Crippen MR) is 63.8 cm³/mol. The van der Waals surface area contributed by atoms with Gasteiger partial charge in [-0.1, -0.05) is 0 Å². The molecule has 5 heteroatoms. The van der Waals surface area contributed by atoms with Crippen molar-refractivity contribution in [3.63, 3.8) is 0 Å². The normalized spacial score (nSPS) is 21.8. The molecular formula is C11H14N3OS. The Morgan fingerprint density at radius 1 is 1.44 bits per heavy atom. The number of amides is 2. The topological polar surface area (TPSA) is 46.4 Å².